The molecule has 0 radical (unpaired) electrons. The first-order valence-electron chi connectivity index (χ1n) is 8.81. The van der Waals surface area contributed by atoms with Crippen molar-refractivity contribution in [2.45, 2.75) is 12.7 Å². The number of hydrogen-bond acceptors (Lipinski definition) is 4. The van der Waals surface area contributed by atoms with Crippen LogP contribution in [0.25, 0.3) is 5.69 Å². The van der Waals surface area contributed by atoms with Gasteiger partial charge in [0, 0.05) is 17.2 Å². The number of nitrogens with one attached hydrogen (secondary N) is 1. The third-order valence-corrected chi connectivity index (χ3v) is 4.86. The van der Waals surface area contributed by atoms with E-state index in [1.54, 1.807) is 24.3 Å². The summed E-state index contributed by atoms with van der Waals surface area (Å²) in [4.78, 5) is 49.4. The molecule has 1 heterocycles. The van der Waals surface area contributed by atoms with E-state index < -0.39 is 46.2 Å². The van der Waals surface area contributed by atoms with E-state index in [9.17, 15) is 37.5 Å². The van der Waals surface area contributed by atoms with Gasteiger partial charge in [0.05, 0.1) is 11.3 Å². The largest absolute Gasteiger partial charge is 0.477 e. The number of halogens is 4. The molecular weight excluding hydrogens is 499 g/mol. The third-order valence-electron chi connectivity index (χ3n) is 4.33. The number of carbonyl (C=O) groups is 2. The van der Waals surface area contributed by atoms with E-state index in [1.165, 1.54) is 0 Å². The second-order valence-corrected chi connectivity index (χ2v) is 7.39. The zero-order valence-corrected chi connectivity index (χ0v) is 17.5. The second-order valence-electron chi connectivity index (χ2n) is 6.47. The van der Waals surface area contributed by atoms with E-state index >= 15 is 0 Å². The van der Waals surface area contributed by atoms with Crippen molar-refractivity contribution in [1.29, 1.82) is 0 Å². The maximum absolute atomic E-state index is 13.1. The van der Waals surface area contributed by atoms with Crippen molar-refractivity contribution < 1.29 is 27.9 Å². The normalized spacial score (nSPS) is 11.2. The molecule has 0 bridgehead atoms. The minimum Gasteiger partial charge on any atom is -0.477 e. The molecular formula is C20H13BrF3N3O5. The summed E-state index contributed by atoms with van der Waals surface area (Å²) in [6.07, 6.45) is -4.24. The van der Waals surface area contributed by atoms with Crippen molar-refractivity contribution in [1.82, 2.24) is 14.5 Å². The number of rotatable bonds is 4. The average molecular weight is 512 g/mol. The quantitative estimate of drug-likeness (QED) is 0.558. The maximum atomic E-state index is 13.1. The highest BCUT2D eigenvalue weighted by Crippen LogP contribution is 2.29. The molecule has 2 aromatic carbocycles. The summed E-state index contributed by atoms with van der Waals surface area (Å²) in [6, 6.07) is 8.93. The van der Waals surface area contributed by atoms with Gasteiger partial charge >= 0.3 is 23.9 Å². The lowest BCUT2D eigenvalue weighted by Crippen LogP contribution is -2.46. The minimum absolute atomic E-state index is 0.0381. The van der Waals surface area contributed by atoms with E-state index in [1.807, 2.05) is 0 Å². The van der Waals surface area contributed by atoms with Crippen LogP contribution in [0.4, 0.5) is 18.0 Å². The standard InChI is InChI=1S/C20H13BrF3N3O5/c21-13-6-4-11(5-7-13)9-25-18(31)26-10-15(17(29)30)16(28)27(19(26)32)14-3-1-2-12(8-14)20(22,23)24/h1-8,10H,9H2,(H,25,31)(H,29,30). The van der Waals surface area contributed by atoms with Gasteiger partial charge in [0.1, 0.15) is 5.56 Å². The molecule has 0 spiro atoms. The number of alkyl halides is 3. The lowest BCUT2D eigenvalue weighted by molar-refractivity contribution is -0.137. The van der Waals surface area contributed by atoms with Gasteiger partial charge < -0.3 is 10.4 Å². The first-order valence-corrected chi connectivity index (χ1v) is 9.60. The molecule has 0 saturated heterocycles. The number of hydrogen-bond donors (Lipinski definition) is 2. The molecule has 3 rings (SSSR count). The Morgan fingerprint density at radius 3 is 2.31 bits per heavy atom. The van der Waals surface area contributed by atoms with Crippen LogP contribution in [-0.2, 0) is 12.7 Å². The van der Waals surface area contributed by atoms with Crippen LogP contribution >= 0.6 is 15.9 Å². The molecule has 0 aliphatic carbocycles. The van der Waals surface area contributed by atoms with Crippen molar-refractivity contribution in [2.75, 3.05) is 0 Å². The van der Waals surface area contributed by atoms with Crippen LogP contribution in [0.2, 0.25) is 0 Å². The SMILES string of the molecule is O=C(O)c1cn(C(=O)NCc2ccc(Br)cc2)c(=O)n(-c2cccc(C(F)(F)F)c2)c1=O. The second kappa shape index (κ2) is 8.83. The summed E-state index contributed by atoms with van der Waals surface area (Å²) in [5.74, 6) is -1.76. The average Bonchev–Trinajstić information content (AvgIpc) is 2.72. The Morgan fingerprint density at radius 2 is 1.72 bits per heavy atom. The van der Waals surface area contributed by atoms with Gasteiger partial charge in [-0.1, -0.05) is 34.1 Å². The highest BCUT2D eigenvalue weighted by Gasteiger charge is 2.31. The van der Waals surface area contributed by atoms with Crippen molar-refractivity contribution in [3.8, 4) is 5.69 Å². The summed E-state index contributed by atoms with van der Waals surface area (Å²) in [6.45, 7) is -0.0381. The molecule has 1 amide bonds. The first kappa shape index (κ1) is 23.0. The molecule has 1 aromatic heterocycles. The molecule has 0 fully saturated rings. The lowest BCUT2D eigenvalue weighted by atomic mass is 10.2. The number of nitrogens with zero attached hydrogens (tertiary/aromatic N) is 2. The zero-order valence-electron chi connectivity index (χ0n) is 15.9. The zero-order chi connectivity index (χ0) is 23.6. The smallest absolute Gasteiger partial charge is 0.416 e. The molecule has 0 aliphatic rings. The topological polar surface area (TPSA) is 110 Å². The Hall–Kier alpha value is -3.67. The van der Waals surface area contributed by atoms with Gasteiger partial charge in [0.15, 0.2) is 0 Å². The lowest BCUT2D eigenvalue weighted by Gasteiger charge is -2.13. The van der Waals surface area contributed by atoms with Gasteiger partial charge in [-0.25, -0.2) is 23.5 Å². The number of aromatic carboxylic acids is 1. The van der Waals surface area contributed by atoms with Crippen molar-refractivity contribution in [3.63, 3.8) is 0 Å². The Bertz CT molecular complexity index is 1310. The van der Waals surface area contributed by atoms with Crippen LogP contribution in [0.15, 0.2) is 68.8 Å². The number of carboxylic acid groups (broad SMARTS) is 1. The molecule has 3 aromatic rings. The molecule has 8 nitrogen and oxygen atoms in total. The van der Waals surface area contributed by atoms with Gasteiger partial charge in [-0.2, -0.15) is 13.2 Å². The number of aromatic nitrogens is 2. The van der Waals surface area contributed by atoms with Crippen LogP contribution in [0.5, 0.6) is 0 Å². The number of amides is 1. The summed E-state index contributed by atoms with van der Waals surface area (Å²) < 4.78 is 40.5. The molecule has 32 heavy (non-hydrogen) atoms. The molecule has 0 atom stereocenters. The maximum Gasteiger partial charge on any atom is 0.416 e. The molecule has 2 N–H and O–H groups in total. The Labute approximate surface area is 185 Å². The van der Waals surface area contributed by atoms with Crippen LogP contribution in [0, 0.1) is 0 Å². The Kier molecular flexibility index (Phi) is 6.35. The summed E-state index contributed by atoms with van der Waals surface area (Å²) in [5, 5.41) is 11.7. The third kappa shape index (κ3) is 4.80. The van der Waals surface area contributed by atoms with Crippen molar-refractivity contribution >= 4 is 27.9 Å². The Morgan fingerprint density at radius 1 is 1.06 bits per heavy atom. The van der Waals surface area contributed by atoms with Crippen LogP contribution in [-0.4, -0.2) is 26.2 Å². The number of carboxylic acids is 1. The predicted octanol–water partition coefficient (Wildman–Crippen LogP) is 3.24. The highest BCUT2D eigenvalue weighted by molar-refractivity contribution is 9.10. The van der Waals surface area contributed by atoms with Crippen LogP contribution < -0.4 is 16.6 Å². The fraction of sp³-hybridized carbons (Fsp3) is 0.100. The number of benzene rings is 2. The molecule has 0 saturated carbocycles. The van der Waals surface area contributed by atoms with Gasteiger partial charge in [-0.3, -0.25) is 4.79 Å². The van der Waals surface area contributed by atoms with Crippen LogP contribution in [0.3, 0.4) is 0 Å². The van der Waals surface area contributed by atoms with E-state index in [4.69, 9.17) is 0 Å². The van der Waals surface area contributed by atoms with Gasteiger partial charge in [0.25, 0.3) is 5.56 Å². The monoisotopic (exact) mass is 511 g/mol. The Balaban J connectivity index is 2.09. The van der Waals surface area contributed by atoms with Crippen molar-refractivity contribution in [2.24, 2.45) is 0 Å². The molecule has 0 aliphatic heterocycles. The van der Waals surface area contributed by atoms with Gasteiger partial charge in [0.2, 0.25) is 0 Å². The van der Waals surface area contributed by atoms with E-state index in [0.717, 1.165) is 22.7 Å². The van der Waals surface area contributed by atoms with E-state index in [-0.39, 0.29) is 11.1 Å². The fourth-order valence-electron chi connectivity index (χ4n) is 2.76. The fourth-order valence-corrected chi connectivity index (χ4v) is 3.03. The van der Waals surface area contributed by atoms with Crippen molar-refractivity contribution in [3.05, 3.63) is 96.7 Å². The summed E-state index contributed by atoms with van der Waals surface area (Å²) >= 11 is 3.26. The minimum atomic E-state index is -4.77. The molecule has 0 unspecified atom stereocenters. The molecule has 12 heteroatoms. The number of carbonyl (C=O) groups excluding carboxylic acids is 1. The van der Waals surface area contributed by atoms with Gasteiger partial charge in [-0.05, 0) is 35.9 Å². The summed E-state index contributed by atoms with van der Waals surface area (Å²) in [5.41, 5.74) is -4.72. The summed E-state index contributed by atoms with van der Waals surface area (Å²) in [7, 11) is 0. The molecule has 166 valence electrons. The predicted molar refractivity (Wildman–Crippen MR) is 110 cm³/mol. The highest BCUT2D eigenvalue weighted by atomic mass is 79.9. The first-order chi connectivity index (χ1) is 15.0. The van der Waals surface area contributed by atoms with E-state index in [0.29, 0.717) is 22.4 Å². The van der Waals surface area contributed by atoms with E-state index in [2.05, 4.69) is 21.2 Å². The van der Waals surface area contributed by atoms with Gasteiger partial charge in [-0.15, -0.1) is 0 Å². The van der Waals surface area contributed by atoms with Crippen LogP contribution in [0.1, 0.15) is 21.5 Å².